The molecule has 0 aliphatic carbocycles. The predicted octanol–water partition coefficient (Wildman–Crippen LogP) is 1.85. The molecule has 1 saturated heterocycles. The first-order valence-electron chi connectivity index (χ1n) is 6.62. The van der Waals surface area contributed by atoms with Crippen LogP contribution < -0.4 is 10.3 Å². The van der Waals surface area contributed by atoms with Gasteiger partial charge in [-0.1, -0.05) is 6.07 Å². The van der Waals surface area contributed by atoms with Gasteiger partial charge in [-0.25, -0.2) is 0 Å². The van der Waals surface area contributed by atoms with E-state index in [1.165, 1.54) is 0 Å². The van der Waals surface area contributed by atoms with Crippen molar-refractivity contribution in [1.82, 2.24) is 0 Å². The van der Waals surface area contributed by atoms with E-state index in [1.54, 1.807) is 6.07 Å². The van der Waals surface area contributed by atoms with Gasteiger partial charge >= 0.3 is 0 Å². The summed E-state index contributed by atoms with van der Waals surface area (Å²) in [6.07, 6.45) is 1.64. The van der Waals surface area contributed by atoms with Crippen LogP contribution in [0.1, 0.15) is 17.5 Å². The van der Waals surface area contributed by atoms with Crippen LogP contribution >= 0.6 is 0 Å². The van der Waals surface area contributed by atoms with Gasteiger partial charge in [0.15, 0.2) is 11.3 Å². The van der Waals surface area contributed by atoms with E-state index >= 15 is 0 Å². The van der Waals surface area contributed by atoms with E-state index in [0.29, 0.717) is 23.3 Å². The van der Waals surface area contributed by atoms with Gasteiger partial charge in [0.2, 0.25) is 0 Å². The highest BCUT2D eigenvalue weighted by atomic mass is 16.4. The number of aryl methyl sites for hydroxylation is 1. The Bertz CT molecular complexity index is 671. The molecule has 4 nitrogen and oxygen atoms in total. The highest BCUT2D eigenvalue weighted by molar-refractivity contribution is 5.81. The first kappa shape index (κ1) is 12.2. The van der Waals surface area contributed by atoms with Crippen molar-refractivity contribution in [1.29, 1.82) is 0 Å². The van der Waals surface area contributed by atoms with Crippen molar-refractivity contribution in [3.63, 3.8) is 0 Å². The van der Waals surface area contributed by atoms with Crippen LogP contribution in [0.25, 0.3) is 11.0 Å². The van der Waals surface area contributed by atoms with Crippen molar-refractivity contribution in [2.75, 3.05) is 24.6 Å². The molecule has 1 aliphatic rings. The Morgan fingerprint density at radius 3 is 2.74 bits per heavy atom. The molecule has 0 radical (unpaired) electrons. The standard InChI is InChI=1S/C15H17NO3/c1-10-7-11(3-6-17)15-12(8-10)13(18)9-14(19-15)16-4-2-5-16/h7-9,17H,2-6H2,1H3. The first-order chi connectivity index (χ1) is 9.19. The van der Waals surface area contributed by atoms with Crippen molar-refractivity contribution in [2.24, 2.45) is 0 Å². The normalized spacial score (nSPS) is 14.7. The molecule has 1 aliphatic heterocycles. The molecular weight excluding hydrogens is 242 g/mol. The lowest BCUT2D eigenvalue weighted by Gasteiger charge is -2.31. The van der Waals surface area contributed by atoms with Crippen molar-refractivity contribution < 1.29 is 9.52 Å². The monoisotopic (exact) mass is 259 g/mol. The van der Waals surface area contributed by atoms with Crippen LogP contribution in [0.3, 0.4) is 0 Å². The number of aliphatic hydroxyl groups excluding tert-OH is 1. The summed E-state index contributed by atoms with van der Waals surface area (Å²) in [4.78, 5) is 14.3. The summed E-state index contributed by atoms with van der Waals surface area (Å²) in [5.74, 6) is 0.645. The molecule has 0 spiro atoms. The number of rotatable bonds is 3. The molecule has 4 heteroatoms. The van der Waals surface area contributed by atoms with Crippen LogP contribution in [0.15, 0.2) is 27.4 Å². The lowest BCUT2D eigenvalue weighted by atomic mass is 10.0. The topological polar surface area (TPSA) is 53.7 Å². The molecule has 0 atom stereocenters. The zero-order chi connectivity index (χ0) is 13.4. The second-order valence-corrected chi connectivity index (χ2v) is 5.06. The SMILES string of the molecule is Cc1cc(CCO)c2oc(N3CCC3)cc(=O)c2c1. The summed E-state index contributed by atoms with van der Waals surface area (Å²) in [7, 11) is 0. The van der Waals surface area contributed by atoms with Crippen LogP contribution in [0.2, 0.25) is 0 Å². The summed E-state index contributed by atoms with van der Waals surface area (Å²) in [5, 5.41) is 9.75. The highest BCUT2D eigenvalue weighted by Crippen LogP contribution is 2.26. The lowest BCUT2D eigenvalue weighted by molar-refractivity contribution is 0.299. The zero-order valence-corrected chi connectivity index (χ0v) is 11.0. The van der Waals surface area contributed by atoms with Crippen LogP contribution in [0.5, 0.6) is 0 Å². The van der Waals surface area contributed by atoms with E-state index < -0.39 is 0 Å². The Labute approximate surface area is 111 Å². The van der Waals surface area contributed by atoms with Crippen LogP contribution in [-0.2, 0) is 6.42 Å². The molecule has 1 aromatic heterocycles. The summed E-state index contributed by atoms with van der Waals surface area (Å²) >= 11 is 0. The first-order valence-corrected chi connectivity index (χ1v) is 6.62. The van der Waals surface area contributed by atoms with Crippen molar-refractivity contribution in [3.05, 3.63) is 39.5 Å². The maximum absolute atomic E-state index is 12.2. The largest absolute Gasteiger partial charge is 0.440 e. The van der Waals surface area contributed by atoms with E-state index in [-0.39, 0.29) is 12.0 Å². The average Bonchev–Trinajstić information content (AvgIpc) is 2.29. The Balaban J connectivity index is 2.22. The average molecular weight is 259 g/mol. The quantitative estimate of drug-likeness (QED) is 0.914. The van der Waals surface area contributed by atoms with Gasteiger partial charge < -0.3 is 14.4 Å². The summed E-state index contributed by atoms with van der Waals surface area (Å²) < 4.78 is 5.90. The second kappa shape index (κ2) is 4.70. The maximum atomic E-state index is 12.2. The maximum Gasteiger partial charge on any atom is 0.200 e. The number of hydrogen-bond acceptors (Lipinski definition) is 4. The lowest BCUT2D eigenvalue weighted by Crippen LogP contribution is -2.37. The molecule has 2 heterocycles. The third kappa shape index (κ3) is 2.12. The highest BCUT2D eigenvalue weighted by Gasteiger charge is 2.19. The van der Waals surface area contributed by atoms with Gasteiger partial charge in [-0.05, 0) is 37.0 Å². The molecule has 3 rings (SSSR count). The third-order valence-corrected chi connectivity index (χ3v) is 3.59. The molecule has 1 aromatic carbocycles. The summed E-state index contributed by atoms with van der Waals surface area (Å²) in [6.45, 7) is 3.88. The molecule has 0 saturated carbocycles. The van der Waals surface area contributed by atoms with E-state index in [4.69, 9.17) is 9.52 Å². The Morgan fingerprint density at radius 2 is 2.11 bits per heavy atom. The van der Waals surface area contributed by atoms with Crippen molar-refractivity contribution >= 4 is 16.9 Å². The fourth-order valence-electron chi connectivity index (χ4n) is 2.47. The van der Waals surface area contributed by atoms with Gasteiger partial charge in [0.05, 0.1) is 5.39 Å². The minimum atomic E-state index is -0.00830. The van der Waals surface area contributed by atoms with Gasteiger partial charge in [-0.3, -0.25) is 4.79 Å². The minimum Gasteiger partial charge on any atom is -0.440 e. The summed E-state index contributed by atoms with van der Waals surface area (Å²) in [6, 6.07) is 5.40. The van der Waals surface area contributed by atoms with Crippen LogP contribution in [0, 0.1) is 6.92 Å². The molecule has 100 valence electrons. The van der Waals surface area contributed by atoms with Gasteiger partial charge in [-0.15, -0.1) is 0 Å². The molecule has 2 aromatic rings. The number of hydrogen-bond donors (Lipinski definition) is 1. The van der Waals surface area contributed by atoms with Gasteiger partial charge in [0.1, 0.15) is 5.58 Å². The smallest absolute Gasteiger partial charge is 0.200 e. The molecule has 19 heavy (non-hydrogen) atoms. The summed E-state index contributed by atoms with van der Waals surface area (Å²) in [5.41, 5.74) is 2.53. The van der Waals surface area contributed by atoms with Gasteiger partial charge in [0, 0.05) is 25.8 Å². The number of nitrogens with zero attached hydrogens (tertiary/aromatic N) is 1. The fourth-order valence-corrected chi connectivity index (χ4v) is 2.47. The van der Waals surface area contributed by atoms with E-state index in [0.717, 1.165) is 30.6 Å². The molecule has 0 bridgehead atoms. The Kier molecular flexibility index (Phi) is 3.03. The van der Waals surface area contributed by atoms with Crippen LogP contribution in [-0.4, -0.2) is 24.8 Å². The van der Waals surface area contributed by atoms with Crippen molar-refractivity contribution in [3.8, 4) is 0 Å². The molecule has 0 amide bonds. The predicted molar refractivity (Wildman–Crippen MR) is 74.8 cm³/mol. The van der Waals surface area contributed by atoms with E-state index in [1.807, 2.05) is 19.1 Å². The fraction of sp³-hybridized carbons (Fsp3) is 0.400. The van der Waals surface area contributed by atoms with E-state index in [2.05, 4.69) is 4.90 Å². The Hall–Kier alpha value is -1.81. The van der Waals surface area contributed by atoms with E-state index in [9.17, 15) is 4.79 Å². The molecule has 1 fully saturated rings. The molecular formula is C15H17NO3. The third-order valence-electron chi connectivity index (χ3n) is 3.59. The van der Waals surface area contributed by atoms with Gasteiger partial charge in [-0.2, -0.15) is 0 Å². The molecule has 0 unspecified atom stereocenters. The minimum absolute atomic E-state index is 0.00830. The van der Waals surface area contributed by atoms with Gasteiger partial charge in [0.25, 0.3) is 0 Å². The Morgan fingerprint density at radius 1 is 1.32 bits per heavy atom. The number of fused-ring (bicyclic) bond motifs is 1. The molecule has 1 N–H and O–H groups in total. The number of aliphatic hydroxyl groups is 1. The van der Waals surface area contributed by atoms with Crippen molar-refractivity contribution in [2.45, 2.75) is 19.8 Å². The number of anilines is 1. The zero-order valence-electron chi connectivity index (χ0n) is 11.0. The number of benzene rings is 1. The second-order valence-electron chi connectivity index (χ2n) is 5.06. The van der Waals surface area contributed by atoms with Crippen LogP contribution in [0.4, 0.5) is 5.88 Å².